The number of alkyl halides is 3. The zero-order chi connectivity index (χ0) is 17.0. The molecule has 0 bridgehead atoms. The Morgan fingerprint density at radius 3 is 2.48 bits per heavy atom. The molecule has 1 fully saturated rings. The van der Waals surface area contributed by atoms with Crippen molar-refractivity contribution >= 4 is 12.0 Å². The lowest BCUT2D eigenvalue weighted by Crippen LogP contribution is -2.38. The number of carbonyl (C=O) groups excluding carboxylic acids is 1. The van der Waals surface area contributed by atoms with Gasteiger partial charge in [-0.3, -0.25) is 4.79 Å². The van der Waals surface area contributed by atoms with Gasteiger partial charge in [0, 0.05) is 19.6 Å². The molecule has 1 aromatic carbocycles. The van der Waals surface area contributed by atoms with Gasteiger partial charge in [-0.15, -0.1) is 13.2 Å². The lowest BCUT2D eigenvalue weighted by atomic mass is 10.1. The molecule has 0 saturated carbocycles. The van der Waals surface area contributed by atoms with Crippen LogP contribution in [0.2, 0.25) is 0 Å². The van der Waals surface area contributed by atoms with Gasteiger partial charge in [0.2, 0.25) is 0 Å². The number of rotatable bonds is 4. The number of nitrogens with one attached hydrogen (secondary N) is 1. The lowest BCUT2D eigenvalue weighted by Gasteiger charge is -2.17. The molecule has 1 aliphatic rings. The number of ether oxygens (including phenoxy) is 1. The molecule has 0 spiro atoms. The van der Waals surface area contributed by atoms with Gasteiger partial charge in [-0.2, -0.15) is 0 Å². The van der Waals surface area contributed by atoms with Crippen LogP contribution < -0.4 is 10.1 Å². The highest BCUT2D eigenvalue weighted by molar-refractivity contribution is 5.77. The molecule has 6 nitrogen and oxygen atoms in total. The van der Waals surface area contributed by atoms with Crippen LogP contribution in [0.25, 0.3) is 0 Å². The molecule has 0 radical (unpaired) electrons. The van der Waals surface area contributed by atoms with Crippen molar-refractivity contribution in [3.63, 3.8) is 0 Å². The van der Waals surface area contributed by atoms with Crippen LogP contribution in [0.5, 0.6) is 5.75 Å². The fraction of sp³-hybridized carbons (Fsp3) is 0.429. The molecular formula is C14H15F3N2O4. The lowest BCUT2D eigenvalue weighted by molar-refractivity contribution is -0.274. The first-order valence-corrected chi connectivity index (χ1v) is 6.85. The van der Waals surface area contributed by atoms with E-state index in [1.807, 2.05) is 0 Å². The summed E-state index contributed by atoms with van der Waals surface area (Å²) < 4.78 is 39.8. The van der Waals surface area contributed by atoms with Crippen molar-refractivity contribution in [2.45, 2.75) is 19.3 Å². The zero-order valence-corrected chi connectivity index (χ0v) is 12.0. The number of likely N-dealkylation sites (tertiary alicyclic amines) is 1. The summed E-state index contributed by atoms with van der Waals surface area (Å²) in [5, 5.41) is 11.5. The van der Waals surface area contributed by atoms with E-state index in [1.165, 1.54) is 17.0 Å². The molecule has 2 amide bonds. The number of aliphatic carboxylic acids is 1. The van der Waals surface area contributed by atoms with E-state index in [0.717, 1.165) is 12.1 Å². The summed E-state index contributed by atoms with van der Waals surface area (Å²) in [6.45, 7) is 0.639. The summed E-state index contributed by atoms with van der Waals surface area (Å²) in [6, 6.07) is 4.73. The topological polar surface area (TPSA) is 78.9 Å². The first-order chi connectivity index (χ1) is 10.7. The molecule has 23 heavy (non-hydrogen) atoms. The molecule has 1 aliphatic heterocycles. The SMILES string of the molecule is O=C(O)C1CCN(C(=O)NCc2ccc(OC(F)(F)F)cc2)C1. The highest BCUT2D eigenvalue weighted by Gasteiger charge is 2.31. The Morgan fingerprint density at radius 1 is 1.30 bits per heavy atom. The van der Waals surface area contributed by atoms with Gasteiger partial charge >= 0.3 is 18.4 Å². The van der Waals surface area contributed by atoms with Crippen LogP contribution in [0.4, 0.5) is 18.0 Å². The Kier molecular flexibility index (Phi) is 4.97. The van der Waals surface area contributed by atoms with Crippen molar-refractivity contribution < 1.29 is 32.6 Å². The van der Waals surface area contributed by atoms with Crippen molar-refractivity contribution in [2.75, 3.05) is 13.1 Å². The molecule has 2 N–H and O–H groups in total. The maximum atomic E-state index is 12.0. The van der Waals surface area contributed by atoms with Gasteiger partial charge in [-0.05, 0) is 24.1 Å². The Morgan fingerprint density at radius 2 is 1.96 bits per heavy atom. The van der Waals surface area contributed by atoms with Gasteiger partial charge in [0.15, 0.2) is 0 Å². The number of urea groups is 1. The van der Waals surface area contributed by atoms with E-state index >= 15 is 0 Å². The van der Waals surface area contributed by atoms with Gasteiger partial charge in [-0.1, -0.05) is 12.1 Å². The summed E-state index contributed by atoms with van der Waals surface area (Å²) in [7, 11) is 0. The summed E-state index contributed by atoms with van der Waals surface area (Å²) in [5.41, 5.74) is 0.599. The maximum Gasteiger partial charge on any atom is 0.573 e. The van der Waals surface area contributed by atoms with Gasteiger partial charge < -0.3 is 20.1 Å². The summed E-state index contributed by atoms with van der Waals surface area (Å²) in [5.74, 6) is -1.82. The number of hydrogen-bond donors (Lipinski definition) is 2. The molecular weight excluding hydrogens is 317 g/mol. The molecule has 1 atom stereocenters. The normalized spacial score (nSPS) is 17.9. The quantitative estimate of drug-likeness (QED) is 0.886. The van der Waals surface area contributed by atoms with Gasteiger partial charge in [0.05, 0.1) is 5.92 Å². The maximum absolute atomic E-state index is 12.0. The largest absolute Gasteiger partial charge is 0.573 e. The van der Waals surface area contributed by atoms with Crippen LogP contribution in [0.1, 0.15) is 12.0 Å². The second-order valence-corrected chi connectivity index (χ2v) is 5.12. The van der Waals surface area contributed by atoms with E-state index in [0.29, 0.717) is 18.5 Å². The van der Waals surface area contributed by atoms with E-state index in [-0.39, 0.29) is 18.8 Å². The third-order valence-corrected chi connectivity index (χ3v) is 3.43. The number of hydrogen-bond acceptors (Lipinski definition) is 3. The van der Waals surface area contributed by atoms with E-state index in [2.05, 4.69) is 10.1 Å². The third kappa shape index (κ3) is 5.04. The van der Waals surface area contributed by atoms with E-state index in [4.69, 9.17) is 5.11 Å². The number of amides is 2. The highest BCUT2D eigenvalue weighted by atomic mass is 19.4. The fourth-order valence-corrected chi connectivity index (χ4v) is 2.24. The standard InChI is InChI=1S/C14H15F3N2O4/c15-14(16,17)23-11-3-1-9(2-4-11)7-18-13(22)19-6-5-10(8-19)12(20)21/h1-4,10H,5-8H2,(H,18,22)(H,20,21). The smallest absolute Gasteiger partial charge is 0.481 e. The van der Waals surface area contributed by atoms with Crippen LogP contribution in [0, 0.1) is 5.92 Å². The first kappa shape index (κ1) is 16.9. The minimum atomic E-state index is -4.74. The predicted octanol–water partition coefficient (Wildman–Crippen LogP) is 2.20. The first-order valence-electron chi connectivity index (χ1n) is 6.85. The van der Waals surface area contributed by atoms with Crippen LogP contribution in [0.15, 0.2) is 24.3 Å². The summed E-state index contributed by atoms with van der Waals surface area (Å²) in [6.07, 6.45) is -4.33. The molecule has 1 aromatic rings. The predicted molar refractivity (Wildman–Crippen MR) is 72.7 cm³/mol. The van der Waals surface area contributed by atoms with Gasteiger partial charge in [0.25, 0.3) is 0 Å². The number of carbonyl (C=O) groups is 2. The average Bonchev–Trinajstić information content (AvgIpc) is 2.94. The van der Waals surface area contributed by atoms with Gasteiger partial charge in [0.1, 0.15) is 5.75 Å². The van der Waals surface area contributed by atoms with E-state index in [9.17, 15) is 22.8 Å². The molecule has 0 aliphatic carbocycles. The van der Waals surface area contributed by atoms with E-state index in [1.54, 1.807) is 0 Å². The second kappa shape index (κ2) is 6.76. The second-order valence-electron chi connectivity index (χ2n) is 5.12. The molecule has 0 aromatic heterocycles. The molecule has 126 valence electrons. The molecule has 9 heteroatoms. The molecule has 1 saturated heterocycles. The zero-order valence-electron chi connectivity index (χ0n) is 12.0. The number of carboxylic acids is 1. The van der Waals surface area contributed by atoms with Crippen LogP contribution in [0.3, 0.4) is 0 Å². The number of halogens is 3. The number of carboxylic acid groups (broad SMARTS) is 1. The summed E-state index contributed by atoms with van der Waals surface area (Å²) >= 11 is 0. The Labute approximate surface area is 129 Å². The Hall–Kier alpha value is -2.45. The molecule has 1 heterocycles. The van der Waals surface area contributed by atoms with Crippen LogP contribution >= 0.6 is 0 Å². The van der Waals surface area contributed by atoms with Crippen molar-refractivity contribution in [1.82, 2.24) is 10.2 Å². The van der Waals surface area contributed by atoms with Crippen molar-refractivity contribution in [3.05, 3.63) is 29.8 Å². The highest BCUT2D eigenvalue weighted by Crippen LogP contribution is 2.22. The van der Waals surface area contributed by atoms with Crippen molar-refractivity contribution in [1.29, 1.82) is 0 Å². The molecule has 2 rings (SSSR count). The number of nitrogens with zero attached hydrogens (tertiary/aromatic N) is 1. The van der Waals surface area contributed by atoms with Crippen LogP contribution in [-0.4, -0.2) is 41.5 Å². The molecule has 1 unspecified atom stereocenters. The van der Waals surface area contributed by atoms with E-state index < -0.39 is 24.3 Å². The third-order valence-electron chi connectivity index (χ3n) is 3.43. The van der Waals surface area contributed by atoms with Crippen molar-refractivity contribution in [2.24, 2.45) is 5.92 Å². The number of benzene rings is 1. The average molecular weight is 332 g/mol. The minimum absolute atomic E-state index is 0.124. The minimum Gasteiger partial charge on any atom is -0.481 e. The van der Waals surface area contributed by atoms with Crippen molar-refractivity contribution in [3.8, 4) is 5.75 Å². The monoisotopic (exact) mass is 332 g/mol. The summed E-state index contributed by atoms with van der Waals surface area (Å²) in [4.78, 5) is 24.1. The van der Waals surface area contributed by atoms with Crippen LogP contribution in [-0.2, 0) is 11.3 Å². The van der Waals surface area contributed by atoms with Gasteiger partial charge in [-0.25, -0.2) is 4.79 Å². The Bertz CT molecular complexity index is 574. The Balaban J connectivity index is 1.82. The fourth-order valence-electron chi connectivity index (χ4n) is 2.24.